The van der Waals surface area contributed by atoms with Crippen molar-refractivity contribution in [3.63, 3.8) is 0 Å². The van der Waals surface area contributed by atoms with Gasteiger partial charge in [0.15, 0.2) is 0 Å². The van der Waals surface area contributed by atoms with Crippen LogP contribution in [0.3, 0.4) is 0 Å². The molecule has 1 rings (SSSR count). The fourth-order valence-electron chi connectivity index (χ4n) is 1.20. The first-order valence-corrected chi connectivity index (χ1v) is 4.85. The highest BCUT2D eigenvalue weighted by molar-refractivity contribution is 7.80. The summed E-state index contributed by atoms with van der Waals surface area (Å²) in [5.41, 5.74) is 0.360. The van der Waals surface area contributed by atoms with Gasteiger partial charge in [-0.25, -0.2) is 16.1 Å². The van der Waals surface area contributed by atoms with Crippen LogP contribution in [0.25, 0.3) is 0 Å². The lowest BCUT2D eigenvalue weighted by atomic mass is 10.1. The molecule has 1 aromatic carbocycles. The smallest absolute Gasteiger partial charge is 0.204 e. The van der Waals surface area contributed by atoms with E-state index in [-0.39, 0.29) is 16.4 Å². The van der Waals surface area contributed by atoms with E-state index in [1.54, 1.807) is 6.07 Å². The Morgan fingerprint density at radius 1 is 1.50 bits per heavy atom. The van der Waals surface area contributed by atoms with Crippen molar-refractivity contribution in [1.82, 2.24) is 5.01 Å². The van der Waals surface area contributed by atoms with Crippen molar-refractivity contribution < 1.29 is 9.50 Å². The highest BCUT2D eigenvalue weighted by Gasteiger charge is 2.16. The van der Waals surface area contributed by atoms with Gasteiger partial charge < -0.3 is 5.11 Å². The largest absolute Gasteiger partial charge is 0.391 e. The molecule has 88 valence electrons. The van der Waals surface area contributed by atoms with E-state index in [9.17, 15) is 4.39 Å². The molecule has 0 heterocycles. The van der Waals surface area contributed by atoms with Gasteiger partial charge in [0.25, 0.3) is 0 Å². The average molecular weight is 244 g/mol. The van der Waals surface area contributed by atoms with Gasteiger partial charge >= 0.3 is 0 Å². The molecule has 1 aromatic rings. The third-order valence-electron chi connectivity index (χ3n) is 2.02. The number of halogens is 1. The van der Waals surface area contributed by atoms with Gasteiger partial charge in [-0.15, -0.1) is 0 Å². The zero-order valence-corrected chi connectivity index (χ0v) is 9.54. The number of aliphatic hydroxyl groups is 1. The van der Waals surface area contributed by atoms with E-state index in [4.69, 9.17) is 29.0 Å². The molecule has 0 spiro atoms. The fraction of sp³-hybridized carbons (Fsp3) is 0.222. The minimum absolute atomic E-state index is 0.0780. The van der Waals surface area contributed by atoms with Gasteiger partial charge in [-0.3, -0.25) is 10.0 Å². The van der Waals surface area contributed by atoms with E-state index >= 15 is 0 Å². The minimum atomic E-state index is -0.544. The fourth-order valence-corrected chi connectivity index (χ4v) is 1.30. The molecule has 0 saturated heterocycles. The molecule has 7 heteroatoms. The Morgan fingerprint density at radius 3 is 2.62 bits per heavy atom. The number of hydrogen-bond donors (Lipinski definition) is 3. The normalized spacial score (nSPS) is 10.1. The lowest BCUT2D eigenvalue weighted by Gasteiger charge is -2.25. The van der Waals surface area contributed by atoms with Crippen molar-refractivity contribution in [1.29, 1.82) is 0 Å². The molecule has 5 N–H and O–H groups in total. The Bertz CT molecular complexity index is 399. The molecular formula is C9H13FN4OS. The Morgan fingerprint density at radius 2 is 2.12 bits per heavy atom. The molecule has 0 fully saturated rings. The second-order valence-electron chi connectivity index (χ2n) is 3.16. The van der Waals surface area contributed by atoms with Crippen LogP contribution in [0.1, 0.15) is 5.56 Å². The summed E-state index contributed by atoms with van der Waals surface area (Å²) in [4.78, 5) is 0. The van der Waals surface area contributed by atoms with Crippen LogP contribution in [0.2, 0.25) is 0 Å². The van der Waals surface area contributed by atoms with Crippen LogP contribution in [0, 0.1) is 5.82 Å². The van der Waals surface area contributed by atoms with Crippen LogP contribution in [0.4, 0.5) is 10.1 Å². The van der Waals surface area contributed by atoms with Crippen molar-refractivity contribution in [3.8, 4) is 0 Å². The molecular weight excluding hydrogens is 231 g/mol. The number of rotatable bonds is 2. The van der Waals surface area contributed by atoms with E-state index in [2.05, 4.69) is 0 Å². The maximum absolute atomic E-state index is 13.3. The number of anilines is 1. The molecule has 0 aromatic heterocycles. The van der Waals surface area contributed by atoms with Crippen molar-refractivity contribution in [2.45, 2.75) is 6.61 Å². The molecule has 0 unspecified atom stereocenters. The van der Waals surface area contributed by atoms with Crippen LogP contribution >= 0.6 is 12.2 Å². The summed E-state index contributed by atoms with van der Waals surface area (Å²) in [6.45, 7) is -0.466. The van der Waals surface area contributed by atoms with E-state index in [0.29, 0.717) is 0 Å². The molecule has 0 saturated carbocycles. The average Bonchev–Trinajstić information content (AvgIpc) is 2.26. The molecule has 5 nitrogen and oxygen atoms in total. The van der Waals surface area contributed by atoms with Crippen LogP contribution in [-0.2, 0) is 6.61 Å². The summed E-state index contributed by atoms with van der Waals surface area (Å²) in [6.07, 6.45) is 0. The number of thiocarbonyl (C=S) groups is 1. The Hall–Kier alpha value is -1.28. The SMILES string of the molecule is CN(N)C(=S)N(N)c1cccc(F)c1CO. The quantitative estimate of drug-likeness (QED) is 0.389. The third kappa shape index (κ3) is 2.45. The predicted molar refractivity (Wildman–Crippen MR) is 63.5 cm³/mol. The molecule has 0 aliphatic carbocycles. The molecule has 0 aliphatic heterocycles. The molecule has 0 aliphatic rings. The summed E-state index contributed by atoms with van der Waals surface area (Å²) in [5, 5.41) is 11.3. The van der Waals surface area contributed by atoms with E-state index in [1.807, 2.05) is 0 Å². The first kappa shape index (κ1) is 12.8. The molecule has 0 atom stereocenters. The zero-order chi connectivity index (χ0) is 12.3. The second kappa shape index (κ2) is 5.17. The van der Waals surface area contributed by atoms with E-state index in [0.717, 1.165) is 10.0 Å². The summed E-state index contributed by atoms with van der Waals surface area (Å²) >= 11 is 4.93. The maximum Gasteiger partial charge on any atom is 0.204 e. The highest BCUT2D eigenvalue weighted by atomic mass is 32.1. The first-order chi connectivity index (χ1) is 7.49. The molecule has 16 heavy (non-hydrogen) atoms. The number of hydrogen-bond acceptors (Lipinski definition) is 4. The summed E-state index contributed by atoms with van der Waals surface area (Å²) < 4.78 is 13.3. The van der Waals surface area contributed by atoms with Crippen molar-refractivity contribution >= 4 is 23.0 Å². The Balaban J connectivity index is 3.13. The summed E-state index contributed by atoms with van der Waals surface area (Å²) in [5.74, 6) is 10.6. The lowest BCUT2D eigenvalue weighted by molar-refractivity contribution is 0.276. The number of aliphatic hydroxyl groups excluding tert-OH is 1. The van der Waals surface area contributed by atoms with Crippen LogP contribution in [0.5, 0.6) is 0 Å². The first-order valence-electron chi connectivity index (χ1n) is 4.44. The second-order valence-corrected chi connectivity index (χ2v) is 3.52. The van der Waals surface area contributed by atoms with Crippen LogP contribution in [-0.4, -0.2) is 22.3 Å². The predicted octanol–water partition coefficient (Wildman–Crippen LogP) is 0.0885. The standard InChI is InChI=1S/C9H13FN4OS/c1-13(11)9(16)14(12)8-4-2-3-7(10)6(8)5-15/h2-4,15H,5,11-12H2,1H3. The van der Waals surface area contributed by atoms with Gasteiger partial charge in [0.1, 0.15) is 5.82 Å². The van der Waals surface area contributed by atoms with Gasteiger partial charge in [0.2, 0.25) is 5.11 Å². The zero-order valence-electron chi connectivity index (χ0n) is 8.72. The van der Waals surface area contributed by atoms with Gasteiger partial charge in [0, 0.05) is 12.6 Å². The number of hydrazine groups is 2. The molecule has 0 radical (unpaired) electrons. The van der Waals surface area contributed by atoms with Crippen LogP contribution < -0.4 is 16.7 Å². The van der Waals surface area contributed by atoms with E-state index < -0.39 is 12.4 Å². The van der Waals surface area contributed by atoms with Gasteiger partial charge in [-0.1, -0.05) is 6.07 Å². The molecule has 0 amide bonds. The monoisotopic (exact) mass is 244 g/mol. The Kier molecular flexibility index (Phi) is 4.13. The lowest BCUT2D eigenvalue weighted by Crippen LogP contribution is -2.48. The minimum Gasteiger partial charge on any atom is -0.391 e. The summed E-state index contributed by atoms with van der Waals surface area (Å²) in [7, 11) is 1.51. The summed E-state index contributed by atoms with van der Waals surface area (Å²) in [6, 6.07) is 4.26. The van der Waals surface area contributed by atoms with Crippen molar-refractivity contribution in [2.24, 2.45) is 11.7 Å². The highest BCUT2D eigenvalue weighted by Crippen LogP contribution is 2.21. The number of nitrogens with zero attached hydrogens (tertiary/aromatic N) is 2. The van der Waals surface area contributed by atoms with Gasteiger partial charge in [0.05, 0.1) is 12.3 Å². The maximum atomic E-state index is 13.3. The third-order valence-corrected chi connectivity index (χ3v) is 2.50. The van der Waals surface area contributed by atoms with Crippen molar-refractivity contribution in [3.05, 3.63) is 29.6 Å². The molecule has 0 bridgehead atoms. The van der Waals surface area contributed by atoms with Gasteiger partial charge in [-0.2, -0.15) is 0 Å². The van der Waals surface area contributed by atoms with Gasteiger partial charge in [-0.05, 0) is 24.4 Å². The number of benzene rings is 1. The van der Waals surface area contributed by atoms with E-state index in [1.165, 1.54) is 19.2 Å². The topological polar surface area (TPSA) is 78.8 Å². The van der Waals surface area contributed by atoms with Crippen LogP contribution in [0.15, 0.2) is 18.2 Å². The Labute approximate surface area is 98.0 Å². The van der Waals surface area contributed by atoms with Crippen molar-refractivity contribution in [2.75, 3.05) is 12.1 Å². The number of nitrogens with two attached hydrogens (primary N) is 2.